The molecule has 1 aromatic carbocycles. The Hall–Kier alpha value is -1.39. The molecule has 2 rings (SSSR count). The van der Waals surface area contributed by atoms with Crippen LogP contribution in [0.2, 0.25) is 0 Å². The van der Waals surface area contributed by atoms with Gasteiger partial charge in [0, 0.05) is 25.0 Å². The third-order valence-corrected chi connectivity index (χ3v) is 3.96. The van der Waals surface area contributed by atoms with Crippen LogP contribution >= 0.6 is 0 Å². The average Bonchev–Trinajstić information content (AvgIpc) is 2.89. The summed E-state index contributed by atoms with van der Waals surface area (Å²) in [4.78, 5) is 11.4. The summed E-state index contributed by atoms with van der Waals surface area (Å²) in [5.74, 6) is 0.436. The number of likely N-dealkylation sites (N-methyl/N-ethyl adjacent to an activating group) is 1. The van der Waals surface area contributed by atoms with Crippen LogP contribution in [0.15, 0.2) is 30.3 Å². The first-order chi connectivity index (χ1) is 9.79. The quantitative estimate of drug-likeness (QED) is 0.619. The van der Waals surface area contributed by atoms with E-state index in [1.807, 2.05) is 13.1 Å². The van der Waals surface area contributed by atoms with Gasteiger partial charge in [0.1, 0.15) is 0 Å². The Morgan fingerprint density at radius 3 is 2.80 bits per heavy atom. The van der Waals surface area contributed by atoms with Crippen molar-refractivity contribution in [2.45, 2.75) is 25.3 Å². The van der Waals surface area contributed by atoms with Crippen LogP contribution in [0.1, 0.15) is 18.4 Å². The van der Waals surface area contributed by atoms with E-state index in [2.05, 4.69) is 40.2 Å². The molecule has 1 aliphatic heterocycles. The van der Waals surface area contributed by atoms with Crippen LogP contribution in [0.25, 0.3) is 0 Å². The molecule has 4 heteroatoms. The Kier molecular flexibility index (Phi) is 6.02. The van der Waals surface area contributed by atoms with Crippen LogP contribution in [-0.2, 0) is 11.2 Å². The predicted octanol–water partition coefficient (Wildman–Crippen LogP) is 0.933. The molecule has 1 saturated heterocycles. The first-order valence-electron chi connectivity index (χ1n) is 7.49. The van der Waals surface area contributed by atoms with Crippen molar-refractivity contribution in [3.63, 3.8) is 0 Å². The second-order valence-corrected chi connectivity index (χ2v) is 5.44. The molecule has 2 unspecified atom stereocenters. The van der Waals surface area contributed by atoms with Crippen molar-refractivity contribution < 1.29 is 4.79 Å². The van der Waals surface area contributed by atoms with E-state index < -0.39 is 0 Å². The first kappa shape index (κ1) is 15.0. The largest absolute Gasteiger partial charge is 0.356 e. The van der Waals surface area contributed by atoms with E-state index in [9.17, 15) is 4.79 Å². The first-order valence-corrected chi connectivity index (χ1v) is 7.49. The third kappa shape index (κ3) is 4.62. The number of nitrogens with one attached hydrogen (secondary N) is 3. The minimum atomic E-state index is 0.213. The highest BCUT2D eigenvalue weighted by Crippen LogP contribution is 2.12. The summed E-state index contributed by atoms with van der Waals surface area (Å²) in [6, 6.07) is 10.9. The second-order valence-electron chi connectivity index (χ2n) is 5.44. The van der Waals surface area contributed by atoms with Crippen LogP contribution in [0.3, 0.4) is 0 Å². The lowest BCUT2D eigenvalue weighted by atomic mass is 10.0. The van der Waals surface area contributed by atoms with Gasteiger partial charge < -0.3 is 16.0 Å². The van der Waals surface area contributed by atoms with Crippen LogP contribution < -0.4 is 16.0 Å². The van der Waals surface area contributed by atoms with Gasteiger partial charge in [-0.05, 0) is 38.4 Å². The minimum Gasteiger partial charge on any atom is -0.356 e. The SMILES string of the molecule is CNC(CNCCC1CCNC1=O)Cc1ccccc1. The number of hydrogen-bond donors (Lipinski definition) is 3. The van der Waals surface area contributed by atoms with E-state index in [0.29, 0.717) is 6.04 Å². The molecular weight excluding hydrogens is 250 g/mol. The summed E-state index contributed by atoms with van der Waals surface area (Å²) in [6.07, 6.45) is 2.95. The van der Waals surface area contributed by atoms with Gasteiger partial charge in [-0.15, -0.1) is 0 Å². The van der Waals surface area contributed by atoms with Crippen LogP contribution in [0.4, 0.5) is 0 Å². The summed E-state index contributed by atoms with van der Waals surface area (Å²) >= 11 is 0. The van der Waals surface area contributed by atoms with Gasteiger partial charge in [-0.1, -0.05) is 30.3 Å². The molecule has 0 radical (unpaired) electrons. The normalized spacial score (nSPS) is 19.9. The zero-order valence-electron chi connectivity index (χ0n) is 12.2. The van der Waals surface area contributed by atoms with E-state index in [1.54, 1.807) is 0 Å². The van der Waals surface area contributed by atoms with Crippen molar-refractivity contribution in [1.82, 2.24) is 16.0 Å². The van der Waals surface area contributed by atoms with E-state index in [-0.39, 0.29) is 11.8 Å². The fourth-order valence-electron chi connectivity index (χ4n) is 2.65. The topological polar surface area (TPSA) is 53.2 Å². The zero-order chi connectivity index (χ0) is 14.2. The Morgan fingerprint density at radius 2 is 2.15 bits per heavy atom. The summed E-state index contributed by atoms with van der Waals surface area (Å²) < 4.78 is 0. The van der Waals surface area contributed by atoms with Crippen LogP contribution in [-0.4, -0.2) is 38.6 Å². The highest BCUT2D eigenvalue weighted by atomic mass is 16.2. The molecule has 1 fully saturated rings. The molecule has 20 heavy (non-hydrogen) atoms. The summed E-state index contributed by atoms with van der Waals surface area (Å²) in [6.45, 7) is 2.68. The molecule has 1 aliphatic rings. The van der Waals surface area contributed by atoms with Crippen molar-refractivity contribution in [3.8, 4) is 0 Å². The van der Waals surface area contributed by atoms with Gasteiger partial charge in [0.15, 0.2) is 0 Å². The standard InChI is InChI=1S/C16H25N3O/c1-17-15(11-13-5-3-2-4-6-13)12-18-9-7-14-8-10-19-16(14)20/h2-6,14-15,17-18H,7-12H2,1H3,(H,19,20). The smallest absolute Gasteiger partial charge is 0.223 e. The lowest BCUT2D eigenvalue weighted by Gasteiger charge is -2.17. The van der Waals surface area contributed by atoms with Gasteiger partial charge in [0.05, 0.1) is 0 Å². The summed E-state index contributed by atoms with van der Waals surface area (Å²) in [7, 11) is 2.00. The Balaban J connectivity index is 1.65. The highest BCUT2D eigenvalue weighted by Gasteiger charge is 2.23. The number of rotatable bonds is 8. The number of benzene rings is 1. The predicted molar refractivity (Wildman–Crippen MR) is 81.6 cm³/mol. The third-order valence-electron chi connectivity index (χ3n) is 3.96. The Morgan fingerprint density at radius 1 is 1.35 bits per heavy atom. The lowest BCUT2D eigenvalue weighted by molar-refractivity contribution is -0.122. The molecule has 0 aliphatic carbocycles. The molecule has 110 valence electrons. The van der Waals surface area contributed by atoms with Crippen molar-refractivity contribution in [2.75, 3.05) is 26.7 Å². The van der Waals surface area contributed by atoms with Gasteiger partial charge in [0.25, 0.3) is 0 Å². The fraction of sp³-hybridized carbons (Fsp3) is 0.562. The lowest BCUT2D eigenvalue weighted by Crippen LogP contribution is -2.39. The molecule has 0 aromatic heterocycles. The number of carbonyl (C=O) groups is 1. The minimum absolute atomic E-state index is 0.213. The van der Waals surface area contributed by atoms with E-state index in [1.165, 1.54) is 5.56 Å². The Bertz CT molecular complexity index is 407. The van der Waals surface area contributed by atoms with Gasteiger partial charge in [-0.2, -0.15) is 0 Å². The molecule has 0 spiro atoms. The molecule has 3 N–H and O–H groups in total. The van der Waals surface area contributed by atoms with Crippen LogP contribution in [0, 0.1) is 5.92 Å². The van der Waals surface area contributed by atoms with Crippen molar-refractivity contribution in [2.24, 2.45) is 5.92 Å². The molecule has 0 bridgehead atoms. The van der Waals surface area contributed by atoms with E-state index >= 15 is 0 Å². The van der Waals surface area contributed by atoms with E-state index in [4.69, 9.17) is 0 Å². The van der Waals surface area contributed by atoms with E-state index in [0.717, 1.165) is 38.9 Å². The maximum Gasteiger partial charge on any atom is 0.223 e. The van der Waals surface area contributed by atoms with Crippen molar-refractivity contribution in [3.05, 3.63) is 35.9 Å². The number of amides is 1. The molecule has 0 saturated carbocycles. The maximum absolute atomic E-state index is 11.4. The van der Waals surface area contributed by atoms with Gasteiger partial charge in [0.2, 0.25) is 5.91 Å². The highest BCUT2D eigenvalue weighted by molar-refractivity contribution is 5.80. The molecule has 1 amide bonds. The zero-order valence-corrected chi connectivity index (χ0v) is 12.2. The fourth-order valence-corrected chi connectivity index (χ4v) is 2.65. The molecule has 2 atom stereocenters. The van der Waals surface area contributed by atoms with Gasteiger partial charge in [-0.25, -0.2) is 0 Å². The molecular formula is C16H25N3O. The molecule has 1 heterocycles. The molecule has 1 aromatic rings. The maximum atomic E-state index is 11.4. The average molecular weight is 275 g/mol. The van der Waals surface area contributed by atoms with Gasteiger partial charge >= 0.3 is 0 Å². The summed E-state index contributed by atoms with van der Waals surface area (Å²) in [5.41, 5.74) is 1.35. The summed E-state index contributed by atoms with van der Waals surface area (Å²) in [5, 5.41) is 9.69. The van der Waals surface area contributed by atoms with Crippen LogP contribution in [0.5, 0.6) is 0 Å². The van der Waals surface area contributed by atoms with Crippen molar-refractivity contribution in [1.29, 1.82) is 0 Å². The monoisotopic (exact) mass is 275 g/mol. The Labute approximate surface area is 121 Å². The van der Waals surface area contributed by atoms with Gasteiger partial charge in [-0.3, -0.25) is 4.79 Å². The molecule has 4 nitrogen and oxygen atoms in total. The van der Waals surface area contributed by atoms with Crippen molar-refractivity contribution >= 4 is 5.91 Å². The second kappa shape index (κ2) is 8.02. The number of carbonyl (C=O) groups excluding carboxylic acids is 1. The number of hydrogen-bond acceptors (Lipinski definition) is 3.